The third-order valence-corrected chi connectivity index (χ3v) is 3.03. The number of nitrogens with zero attached hydrogens (tertiary/aromatic N) is 1. The van der Waals surface area contributed by atoms with E-state index in [9.17, 15) is 9.59 Å². The van der Waals surface area contributed by atoms with Crippen molar-refractivity contribution < 1.29 is 19.4 Å². The van der Waals surface area contributed by atoms with Crippen molar-refractivity contribution in [2.45, 2.75) is 32.8 Å². The van der Waals surface area contributed by atoms with Crippen LogP contribution in [0.4, 0.5) is 5.69 Å². The van der Waals surface area contributed by atoms with Gasteiger partial charge in [-0.3, -0.25) is 9.59 Å². The highest BCUT2D eigenvalue weighted by atomic mass is 16.5. The number of fused-ring (bicyclic) bond motifs is 1. The van der Waals surface area contributed by atoms with Crippen LogP contribution in [-0.4, -0.2) is 29.6 Å². The largest absolute Gasteiger partial charge is 0.487 e. The molecular weight excluding hydrogens is 246 g/mol. The average molecular weight is 263 g/mol. The van der Waals surface area contributed by atoms with Crippen LogP contribution in [-0.2, 0) is 9.59 Å². The number of anilines is 1. The lowest BCUT2D eigenvalue weighted by Crippen LogP contribution is -2.42. The smallest absolute Gasteiger partial charge is 0.303 e. The van der Waals surface area contributed by atoms with Gasteiger partial charge in [0.15, 0.2) is 0 Å². The predicted octanol–water partition coefficient (Wildman–Crippen LogP) is 1.97. The van der Waals surface area contributed by atoms with Gasteiger partial charge in [0.05, 0.1) is 18.7 Å². The van der Waals surface area contributed by atoms with Crippen LogP contribution in [0, 0.1) is 6.92 Å². The molecule has 0 aliphatic carbocycles. The van der Waals surface area contributed by atoms with Crippen LogP contribution in [0.3, 0.4) is 0 Å². The number of aryl methyl sites for hydroxylation is 1. The van der Waals surface area contributed by atoms with Crippen LogP contribution in [0.15, 0.2) is 18.2 Å². The van der Waals surface area contributed by atoms with E-state index >= 15 is 0 Å². The van der Waals surface area contributed by atoms with Crippen molar-refractivity contribution in [3.8, 4) is 5.75 Å². The number of hydrogen-bond acceptors (Lipinski definition) is 3. The topological polar surface area (TPSA) is 66.8 Å². The van der Waals surface area contributed by atoms with Crippen LogP contribution in [0.5, 0.6) is 5.75 Å². The minimum Gasteiger partial charge on any atom is -0.487 e. The number of rotatable bonds is 3. The van der Waals surface area contributed by atoms with Crippen LogP contribution in [0.1, 0.15) is 25.3 Å². The molecule has 1 atom stereocenters. The van der Waals surface area contributed by atoms with Gasteiger partial charge in [0, 0.05) is 6.42 Å². The maximum absolute atomic E-state index is 12.1. The summed E-state index contributed by atoms with van der Waals surface area (Å²) >= 11 is 0. The van der Waals surface area contributed by atoms with Crippen LogP contribution in [0.2, 0.25) is 0 Å². The lowest BCUT2D eigenvalue weighted by Gasteiger charge is -2.33. The van der Waals surface area contributed by atoms with Crippen molar-refractivity contribution in [3.05, 3.63) is 23.8 Å². The van der Waals surface area contributed by atoms with Gasteiger partial charge in [-0.15, -0.1) is 0 Å². The van der Waals surface area contributed by atoms with Crippen LogP contribution in [0.25, 0.3) is 0 Å². The van der Waals surface area contributed by atoms with E-state index in [4.69, 9.17) is 9.84 Å². The first-order chi connectivity index (χ1) is 8.97. The Morgan fingerprint density at radius 2 is 2.16 bits per heavy atom. The van der Waals surface area contributed by atoms with E-state index in [1.807, 2.05) is 32.0 Å². The summed E-state index contributed by atoms with van der Waals surface area (Å²) in [7, 11) is 0. The molecule has 1 aliphatic heterocycles. The fourth-order valence-electron chi connectivity index (χ4n) is 2.13. The molecule has 0 bridgehead atoms. The molecule has 1 heterocycles. The second-order valence-corrected chi connectivity index (χ2v) is 4.80. The SMILES string of the molecule is Cc1ccc2c(c1)N(C(=O)CCC(=O)O)C[C@@H](C)O2. The summed E-state index contributed by atoms with van der Waals surface area (Å²) < 4.78 is 5.68. The first-order valence-corrected chi connectivity index (χ1v) is 6.27. The fraction of sp³-hybridized carbons (Fsp3) is 0.429. The molecule has 0 radical (unpaired) electrons. The maximum atomic E-state index is 12.1. The van der Waals surface area contributed by atoms with Gasteiger partial charge in [-0.1, -0.05) is 6.07 Å². The van der Waals surface area contributed by atoms with Gasteiger partial charge in [-0.05, 0) is 31.5 Å². The maximum Gasteiger partial charge on any atom is 0.303 e. The summed E-state index contributed by atoms with van der Waals surface area (Å²) in [6.07, 6.45) is -0.231. The van der Waals surface area contributed by atoms with E-state index in [1.165, 1.54) is 0 Å². The van der Waals surface area contributed by atoms with Gasteiger partial charge >= 0.3 is 5.97 Å². The van der Waals surface area contributed by atoms with Gasteiger partial charge in [0.25, 0.3) is 0 Å². The Morgan fingerprint density at radius 1 is 1.42 bits per heavy atom. The quantitative estimate of drug-likeness (QED) is 0.905. The number of amides is 1. The molecule has 1 aliphatic rings. The van der Waals surface area contributed by atoms with Gasteiger partial charge < -0.3 is 14.7 Å². The van der Waals surface area contributed by atoms with E-state index < -0.39 is 5.97 Å². The third-order valence-electron chi connectivity index (χ3n) is 3.03. The minimum absolute atomic E-state index is 0.00936. The molecule has 0 saturated heterocycles. The Hall–Kier alpha value is -2.04. The molecule has 1 aromatic rings. The number of benzene rings is 1. The molecule has 5 heteroatoms. The highest BCUT2D eigenvalue weighted by molar-refractivity contribution is 5.96. The molecule has 102 valence electrons. The number of aliphatic carboxylic acids is 1. The number of carbonyl (C=O) groups excluding carboxylic acids is 1. The molecule has 0 fully saturated rings. The number of carboxylic acid groups (broad SMARTS) is 1. The first-order valence-electron chi connectivity index (χ1n) is 6.27. The van der Waals surface area contributed by atoms with E-state index in [1.54, 1.807) is 4.90 Å². The molecule has 0 spiro atoms. The summed E-state index contributed by atoms with van der Waals surface area (Å²) in [4.78, 5) is 24.3. The monoisotopic (exact) mass is 263 g/mol. The second kappa shape index (κ2) is 5.30. The molecule has 1 amide bonds. The molecule has 0 unspecified atom stereocenters. The Labute approximate surface area is 111 Å². The van der Waals surface area contributed by atoms with Crippen molar-refractivity contribution in [1.29, 1.82) is 0 Å². The van der Waals surface area contributed by atoms with E-state index in [0.29, 0.717) is 12.3 Å². The Balaban J connectivity index is 2.24. The Morgan fingerprint density at radius 3 is 2.84 bits per heavy atom. The van der Waals surface area contributed by atoms with Gasteiger partial charge in [-0.25, -0.2) is 0 Å². The molecule has 5 nitrogen and oxygen atoms in total. The van der Waals surface area contributed by atoms with Gasteiger partial charge in [0.1, 0.15) is 11.9 Å². The molecule has 1 aromatic carbocycles. The summed E-state index contributed by atoms with van der Waals surface area (Å²) in [6.45, 7) is 4.29. The highest BCUT2D eigenvalue weighted by Gasteiger charge is 2.27. The minimum atomic E-state index is -0.959. The standard InChI is InChI=1S/C14H17NO4/c1-9-3-4-12-11(7-9)15(8-10(2)19-12)13(16)5-6-14(17)18/h3-4,7,10H,5-6,8H2,1-2H3,(H,17,18)/t10-/m1/s1. The van der Waals surface area contributed by atoms with Crippen molar-refractivity contribution in [3.63, 3.8) is 0 Å². The average Bonchev–Trinajstić information content (AvgIpc) is 2.35. The normalized spacial score (nSPS) is 17.6. The molecular formula is C14H17NO4. The number of ether oxygens (including phenoxy) is 1. The lowest BCUT2D eigenvalue weighted by molar-refractivity contribution is -0.138. The number of hydrogen-bond donors (Lipinski definition) is 1. The van der Waals surface area contributed by atoms with E-state index in [-0.39, 0.29) is 24.9 Å². The van der Waals surface area contributed by atoms with Crippen molar-refractivity contribution in [1.82, 2.24) is 0 Å². The third kappa shape index (κ3) is 3.05. The zero-order chi connectivity index (χ0) is 14.0. The van der Waals surface area contributed by atoms with Crippen molar-refractivity contribution in [2.75, 3.05) is 11.4 Å². The summed E-state index contributed by atoms with van der Waals surface area (Å²) in [5, 5.41) is 8.66. The summed E-state index contributed by atoms with van der Waals surface area (Å²) in [5.41, 5.74) is 1.77. The molecule has 2 rings (SSSR count). The van der Waals surface area contributed by atoms with E-state index in [2.05, 4.69) is 0 Å². The Kier molecular flexibility index (Phi) is 3.74. The number of carbonyl (C=O) groups is 2. The number of carboxylic acids is 1. The van der Waals surface area contributed by atoms with Gasteiger partial charge in [-0.2, -0.15) is 0 Å². The zero-order valence-electron chi connectivity index (χ0n) is 11.0. The molecule has 0 aromatic heterocycles. The van der Waals surface area contributed by atoms with Crippen molar-refractivity contribution in [2.24, 2.45) is 0 Å². The Bertz CT molecular complexity index is 512. The second-order valence-electron chi connectivity index (χ2n) is 4.80. The first kappa shape index (κ1) is 13.4. The van der Waals surface area contributed by atoms with Crippen LogP contribution < -0.4 is 9.64 Å². The van der Waals surface area contributed by atoms with Crippen LogP contribution >= 0.6 is 0 Å². The molecule has 1 N–H and O–H groups in total. The highest BCUT2D eigenvalue weighted by Crippen LogP contribution is 2.34. The summed E-state index contributed by atoms with van der Waals surface area (Å²) in [6, 6.07) is 5.66. The van der Waals surface area contributed by atoms with Gasteiger partial charge in [0.2, 0.25) is 5.91 Å². The fourth-order valence-corrected chi connectivity index (χ4v) is 2.13. The zero-order valence-corrected chi connectivity index (χ0v) is 11.0. The predicted molar refractivity (Wildman–Crippen MR) is 70.5 cm³/mol. The molecule has 19 heavy (non-hydrogen) atoms. The van der Waals surface area contributed by atoms with Crippen molar-refractivity contribution >= 4 is 17.6 Å². The molecule has 0 saturated carbocycles. The lowest BCUT2D eigenvalue weighted by atomic mass is 10.1. The summed E-state index contributed by atoms with van der Waals surface area (Å²) in [5.74, 6) is -0.462. The van der Waals surface area contributed by atoms with E-state index in [0.717, 1.165) is 11.3 Å².